The normalized spacial score (nSPS) is 26.2. The number of phenols is 1. The van der Waals surface area contributed by atoms with Crippen molar-refractivity contribution in [2.24, 2.45) is 0 Å². The second kappa shape index (κ2) is 4.76. The van der Waals surface area contributed by atoms with Gasteiger partial charge in [0, 0.05) is 0 Å². The Morgan fingerprint density at radius 1 is 1.33 bits per heavy atom. The maximum atomic E-state index is 9.76. The summed E-state index contributed by atoms with van der Waals surface area (Å²) in [5, 5.41) is 19.1. The summed E-state index contributed by atoms with van der Waals surface area (Å²) in [6.07, 6.45) is -0.838. The highest BCUT2D eigenvalue weighted by Crippen LogP contribution is 2.40. The molecule has 2 rings (SSSR count). The fraction of sp³-hybridized carbons (Fsp3) is 0.538. The largest absolute Gasteiger partial charge is 0.504 e. The Labute approximate surface area is 106 Å². The van der Waals surface area contributed by atoms with Gasteiger partial charge in [0.25, 0.3) is 0 Å². The molecule has 1 aromatic carbocycles. The molecule has 2 atom stereocenters. The third-order valence-electron chi connectivity index (χ3n) is 2.90. The summed E-state index contributed by atoms with van der Waals surface area (Å²) in [7, 11) is 1.49. The van der Waals surface area contributed by atoms with Crippen molar-refractivity contribution in [3.05, 3.63) is 23.8 Å². The van der Waals surface area contributed by atoms with E-state index in [-0.39, 0.29) is 12.4 Å². The molecule has 0 aromatic heterocycles. The lowest BCUT2D eigenvalue weighted by molar-refractivity contribution is -0.149. The van der Waals surface area contributed by atoms with Crippen LogP contribution in [0.4, 0.5) is 0 Å². The average molecular weight is 254 g/mol. The summed E-state index contributed by atoms with van der Waals surface area (Å²) >= 11 is 0. The van der Waals surface area contributed by atoms with Gasteiger partial charge in [0.05, 0.1) is 13.7 Å². The fourth-order valence-electron chi connectivity index (χ4n) is 2.14. The standard InChI is InChI=1S/C13H18O5/c1-13(2)17-11(7-14)12(18-13)8-4-5-10(16-3)9(15)6-8/h4-6,11-12,14-15H,7H2,1-3H3/t11-,12-/m1/s1. The molecule has 5 heteroatoms. The van der Waals surface area contributed by atoms with Gasteiger partial charge >= 0.3 is 0 Å². The molecule has 0 amide bonds. The van der Waals surface area contributed by atoms with E-state index in [9.17, 15) is 10.2 Å². The van der Waals surface area contributed by atoms with E-state index in [1.54, 1.807) is 32.0 Å². The van der Waals surface area contributed by atoms with Crippen molar-refractivity contribution in [3.63, 3.8) is 0 Å². The minimum Gasteiger partial charge on any atom is -0.504 e. The first kappa shape index (κ1) is 13.1. The lowest BCUT2D eigenvalue weighted by Gasteiger charge is -2.17. The van der Waals surface area contributed by atoms with E-state index in [0.29, 0.717) is 5.75 Å². The van der Waals surface area contributed by atoms with E-state index >= 15 is 0 Å². The Balaban J connectivity index is 2.28. The zero-order valence-electron chi connectivity index (χ0n) is 10.7. The molecule has 0 bridgehead atoms. The predicted octanol–water partition coefficient (Wildman–Crippen LogP) is 1.59. The van der Waals surface area contributed by atoms with E-state index in [2.05, 4.69) is 0 Å². The summed E-state index contributed by atoms with van der Waals surface area (Å²) < 4.78 is 16.3. The van der Waals surface area contributed by atoms with E-state index in [1.165, 1.54) is 7.11 Å². The van der Waals surface area contributed by atoms with E-state index in [1.807, 2.05) is 0 Å². The second-order valence-electron chi connectivity index (χ2n) is 4.71. The lowest BCUT2D eigenvalue weighted by Crippen LogP contribution is -2.23. The van der Waals surface area contributed by atoms with Crippen molar-refractivity contribution in [1.82, 2.24) is 0 Å². The summed E-state index contributed by atoms with van der Waals surface area (Å²) in [6.45, 7) is 3.44. The van der Waals surface area contributed by atoms with Gasteiger partial charge < -0.3 is 24.4 Å². The third kappa shape index (κ3) is 2.43. The van der Waals surface area contributed by atoms with Gasteiger partial charge in [-0.2, -0.15) is 0 Å². The van der Waals surface area contributed by atoms with Crippen molar-refractivity contribution in [3.8, 4) is 11.5 Å². The minimum absolute atomic E-state index is 0.0417. The van der Waals surface area contributed by atoms with E-state index < -0.39 is 18.0 Å². The molecule has 100 valence electrons. The van der Waals surface area contributed by atoms with Crippen molar-refractivity contribution < 1.29 is 24.4 Å². The second-order valence-corrected chi connectivity index (χ2v) is 4.71. The molecule has 0 aliphatic carbocycles. The van der Waals surface area contributed by atoms with Crippen LogP contribution in [0.3, 0.4) is 0 Å². The highest BCUT2D eigenvalue weighted by Gasteiger charge is 2.41. The number of ether oxygens (including phenoxy) is 3. The molecule has 1 aliphatic rings. The zero-order valence-corrected chi connectivity index (χ0v) is 10.7. The van der Waals surface area contributed by atoms with Gasteiger partial charge in [0.1, 0.15) is 12.2 Å². The molecule has 1 heterocycles. The number of hydrogen-bond donors (Lipinski definition) is 2. The van der Waals surface area contributed by atoms with Crippen LogP contribution in [0.25, 0.3) is 0 Å². The number of aromatic hydroxyl groups is 1. The molecule has 0 saturated carbocycles. The van der Waals surface area contributed by atoms with Crippen molar-refractivity contribution in [2.75, 3.05) is 13.7 Å². The molecule has 0 unspecified atom stereocenters. The average Bonchev–Trinajstić information content (AvgIpc) is 2.64. The molecule has 0 spiro atoms. The first-order valence-electron chi connectivity index (χ1n) is 5.80. The maximum Gasteiger partial charge on any atom is 0.164 e. The maximum absolute atomic E-state index is 9.76. The van der Waals surface area contributed by atoms with Crippen molar-refractivity contribution in [2.45, 2.75) is 31.8 Å². The van der Waals surface area contributed by atoms with Crippen LogP contribution >= 0.6 is 0 Å². The Kier molecular flexibility index (Phi) is 3.47. The molecule has 0 radical (unpaired) electrons. The first-order valence-corrected chi connectivity index (χ1v) is 5.80. The summed E-state index contributed by atoms with van der Waals surface area (Å²) in [5.41, 5.74) is 0.748. The molecule has 5 nitrogen and oxygen atoms in total. The minimum atomic E-state index is -0.742. The number of rotatable bonds is 3. The quantitative estimate of drug-likeness (QED) is 0.857. The van der Waals surface area contributed by atoms with Gasteiger partial charge in [-0.15, -0.1) is 0 Å². The summed E-state index contributed by atoms with van der Waals surface area (Å²) in [6, 6.07) is 5.02. The van der Waals surface area contributed by atoms with Gasteiger partial charge in [-0.1, -0.05) is 6.07 Å². The number of phenolic OH excluding ortho intramolecular Hbond substituents is 1. The fourth-order valence-corrected chi connectivity index (χ4v) is 2.14. The van der Waals surface area contributed by atoms with Crippen LogP contribution in [0.1, 0.15) is 25.5 Å². The monoisotopic (exact) mass is 254 g/mol. The van der Waals surface area contributed by atoms with Crippen LogP contribution < -0.4 is 4.74 Å². The Morgan fingerprint density at radius 3 is 2.61 bits per heavy atom. The van der Waals surface area contributed by atoms with E-state index in [4.69, 9.17) is 14.2 Å². The number of benzene rings is 1. The Morgan fingerprint density at radius 2 is 2.06 bits per heavy atom. The van der Waals surface area contributed by atoms with Crippen LogP contribution in [0.2, 0.25) is 0 Å². The molecule has 1 aromatic rings. The highest BCUT2D eigenvalue weighted by atomic mass is 16.8. The molecule has 1 saturated heterocycles. The van der Waals surface area contributed by atoms with Gasteiger partial charge in [0.2, 0.25) is 0 Å². The smallest absolute Gasteiger partial charge is 0.164 e. The number of methoxy groups -OCH3 is 1. The van der Waals surface area contributed by atoms with Crippen LogP contribution in [0.5, 0.6) is 11.5 Å². The van der Waals surface area contributed by atoms with Crippen molar-refractivity contribution >= 4 is 0 Å². The highest BCUT2D eigenvalue weighted by molar-refractivity contribution is 5.42. The van der Waals surface area contributed by atoms with Crippen LogP contribution in [-0.4, -0.2) is 35.8 Å². The van der Waals surface area contributed by atoms with Crippen LogP contribution in [-0.2, 0) is 9.47 Å². The van der Waals surface area contributed by atoms with Gasteiger partial charge in [0.15, 0.2) is 17.3 Å². The topological polar surface area (TPSA) is 68.2 Å². The first-order chi connectivity index (χ1) is 8.46. The third-order valence-corrected chi connectivity index (χ3v) is 2.90. The Hall–Kier alpha value is -1.30. The number of hydrogen-bond acceptors (Lipinski definition) is 5. The lowest BCUT2D eigenvalue weighted by atomic mass is 10.0. The summed E-state index contributed by atoms with van der Waals surface area (Å²) in [4.78, 5) is 0. The molecule has 1 aliphatic heterocycles. The molecule has 18 heavy (non-hydrogen) atoms. The molecule has 2 N–H and O–H groups in total. The predicted molar refractivity (Wildman–Crippen MR) is 64.5 cm³/mol. The number of aliphatic hydroxyl groups excluding tert-OH is 1. The van der Waals surface area contributed by atoms with E-state index in [0.717, 1.165) is 5.56 Å². The van der Waals surface area contributed by atoms with Gasteiger partial charge in [-0.25, -0.2) is 0 Å². The van der Waals surface area contributed by atoms with Gasteiger partial charge in [-0.3, -0.25) is 0 Å². The number of aliphatic hydroxyl groups is 1. The van der Waals surface area contributed by atoms with Crippen LogP contribution in [0.15, 0.2) is 18.2 Å². The molecular weight excluding hydrogens is 236 g/mol. The Bertz CT molecular complexity index is 429. The summed E-state index contributed by atoms with van der Waals surface area (Å²) in [5.74, 6) is -0.300. The molecule has 1 fully saturated rings. The van der Waals surface area contributed by atoms with Crippen molar-refractivity contribution in [1.29, 1.82) is 0 Å². The van der Waals surface area contributed by atoms with Gasteiger partial charge in [-0.05, 0) is 31.5 Å². The van der Waals surface area contributed by atoms with Crippen LogP contribution in [0, 0.1) is 0 Å². The zero-order chi connectivity index (χ0) is 13.3. The SMILES string of the molecule is COc1ccc([C@H]2OC(C)(C)O[C@@H]2CO)cc1O. The molecular formula is C13H18O5.